The summed E-state index contributed by atoms with van der Waals surface area (Å²) in [6.07, 6.45) is 4.00. The van der Waals surface area contributed by atoms with Crippen LogP contribution in [0.5, 0.6) is 5.75 Å². The summed E-state index contributed by atoms with van der Waals surface area (Å²) < 4.78 is 10.6. The fourth-order valence-corrected chi connectivity index (χ4v) is 1.60. The Bertz CT molecular complexity index is 460. The van der Waals surface area contributed by atoms with Crippen molar-refractivity contribution >= 4 is 6.09 Å². The molecule has 0 saturated carbocycles. The van der Waals surface area contributed by atoms with Crippen LogP contribution in [0.25, 0.3) is 0 Å². The van der Waals surface area contributed by atoms with Gasteiger partial charge in [-0.1, -0.05) is 13.5 Å². The van der Waals surface area contributed by atoms with E-state index in [2.05, 4.69) is 18.5 Å². The van der Waals surface area contributed by atoms with Crippen molar-refractivity contribution in [2.75, 3.05) is 19.7 Å². The molecule has 0 N–H and O–H groups in total. The third kappa shape index (κ3) is 5.30. The highest BCUT2D eigenvalue weighted by molar-refractivity contribution is 5.68. The van der Waals surface area contributed by atoms with Gasteiger partial charge in [-0.05, 0) is 31.9 Å². The Labute approximate surface area is 120 Å². The lowest BCUT2D eigenvalue weighted by molar-refractivity contribution is 0.123. The van der Waals surface area contributed by atoms with Crippen LogP contribution in [-0.4, -0.2) is 35.7 Å². The topological polar surface area (TPSA) is 51.7 Å². The van der Waals surface area contributed by atoms with Gasteiger partial charge in [0.1, 0.15) is 12.4 Å². The first-order valence-electron chi connectivity index (χ1n) is 6.75. The molecule has 0 spiro atoms. The Morgan fingerprint density at radius 3 is 2.75 bits per heavy atom. The summed E-state index contributed by atoms with van der Waals surface area (Å²) >= 11 is 0. The first kappa shape index (κ1) is 16.0. The first-order chi connectivity index (χ1) is 9.56. The maximum absolute atomic E-state index is 11.7. The van der Waals surface area contributed by atoms with Crippen LogP contribution in [0.4, 0.5) is 4.79 Å². The quantitative estimate of drug-likeness (QED) is 0.719. The summed E-state index contributed by atoms with van der Waals surface area (Å²) in [4.78, 5) is 17.4. The molecular formula is C15H22N2O3. The monoisotopic (exact) mass is 278 g/mol. The molecule has 5 heteroatoms. The average Bonchev–Trinajstić information content (AvgIpc) is 2.43. The Hall–Kier alpha value is -2.04. The standard InChI is InChI=1S/C15H22N2O3/c1-5-13-9-14(11-16-10-13)19-8-7-17(6-2)15(18)20-12(3)4/h9-11H,3,5-8H2,1-2,4H3. The van der Waals surface area contributed by atoms with E-state index in [1.165, 1.54) is 0 Å². The molecule has 0 unspecified atom stereocenters. The van der Waals surface area contributed by atoms with Crippen LogP contribution in [0.1, 0.15) is 26.3 Å². The normalized spacial score (nSPS) is 9.95. The zero-order valence-electron chi connectivity index (χ0n) is 12.4. The molecule has 1 heterocycles. The van der Waals surface area contributed by atoms with E-state index < -0.39 is 6.09 Å². The lowest BCUT2D eigenvalue weighted by atomic mass is 10.2. The van der Waals surface area contributed by atoms with Gasteiger partial charge in [0.15, 0.2) is 0 Å². The van der Waals surface area contributed by atoms with E-state index in [1.54, 1.807) is 18.0 Å². The van der Waals surface area contributed by atoms with Gasteiger partial charge in [-0.3, -0.25) is 4.98 Å². The molecule has 0 aromatic carbocycles. The van der Waals surface area contributed by atoms with Crippen LogP contribution in [0, 0.1) is 0 Å². The predicted molar refractivity (Wildman–Crippen MR) is 77.7 cm³/mol. The summed E-state index contributed by atoms with van der Waals surface area (Å²) in [6.45, 7) is 10.6. The minimum atomic E-state index is -0.399. The van der Waals surface area contributed by atoms with Crippen molar-refractivity contribution < 1.29 is 14.3 Å². The SMILES string of the molecule is C=C(C)OC(=O)N(CC)CCOc1cncc(CC)c1. The smallest absolute Gasteiger partial charge is 0.414 e. The van der Waals surface area contributed by atoms with Crippen molar-refractivity contribution in [1.82, 2.24) is 9.88 Å². The van der Waals surface area contributed by atoms with Gasteiger partial charge in [0.05, 0.1) is 18.5 Å². The van der Waals surface area contributed by atoms with Crippen LogP contribution < -0.4 is 4.74 Å². The Morgan fingerprint density at radius 2 is 2.15 bits per heavy atom. The van der Waals surface area contributed by atoms with Crippen LogP contribution in [0.3, 0.4) is 0 Å². The third-order valence-electron chi connectivity index (χ3n) is 2.71. The van der Waals surface area contributed by atoms with E-state index in [0.717, 1.165) is 12.0 Å². The molecule has 0 saturated heterocycles. The molecule has 0 atom stereocenters. The van der Waals surface area contributed by atoms with E-state index in [4.69, 9.17) is 9.47 Å². The van der Waals surface area contributed by atoms with Gasteiger partial charge in [0, 0.05) is 12.7 Å². The molecule has 1 aromatic heterocycles. The van der Waals surface area contributed by atoms with Gasteiger partial charge in [0.2, 0.25) is 0 Å². The van der Waals surface area contributed by atoms with Gasteiger partial charge in [-0.15, -0.1) is 0 Å². The number of likely N-dealkylation sites (N-methyl/N-ethyl adjacent to an activating group) is 1. The van der Waals surface area contributed by atoms with Crippen molar-refractivity contribution in [3.63, 3.8) is 0 Å². The van der Waals surface area contributed by atoms with E-state index in [-0.39, 0.29) is 0 Å². The molecule has 110 valence electrons. The van der Waals surface area contributed by atoms with Crippen molar-refractivity contribution in [3.05, 3.63) is 36.4 Å². The molecule has 0 radical (unpaired) electrons. The minimum absolute atomic E-state index is 0.384. The minimum Gasteiger partial charge on any atom is -0.490 e. The van der Waals surface area contributed by atoms with Crippen molar-refractivity contribution in [2.24, 2.45) is 0 Å². The zero-order chi connectivity index (χ0) is 15.0. The molecule has 0 bridgehead atoms. The van der Waals surface area contributed by atoms with Crippen LogP contribution in [0.15, 0.2) is 30.8 Å². The second kappa shape index (κ2) is 8.19. The van der Waals surface area contributed by atoms with E-state index in [9.17, 15) is 4.79 Å². The summed E-state index contributed by atoms with van der Waals surface area (Å²) in [5.74, 6) is 1.10. The molecule has 20 heavy (non-hydrogen) atoms. The van der Waals surface area contributed by atoms with Gasteiger partial charge in [0.25, 0.3) is 0 Å². The van der Waals surface area contributed by atoms with E-state index >= 15 is 0 Å². The number of pyridine rings is 1. The predicted octanol–water partition coefficient (Wildman–Crippen LogP) is 3.01. The number of amides is 1. The summed E-state index contributed by atoms with van der Waals surface area (Å²) in [6, 6.07) is 1.95. The van der Waals surface area contributed by atoms with Gasteiger partial charge >= 0.3 is 6.09 Å². The summed E-state index contributed by atoms with van der Waals surface area (Å²) in [5, 5.41) is 0. The second-order valence-corrected chi connectivity index (χ2v) is 4.38. The highest BCUT2D eigenvalue weighted by Crippen LogP contribution is 2.11. The number of aryl methyl sites for hydroxylation is 1. The number of rotatable bonds is 7. The number of hydrogen-bond acceptors (Lipinski definition) is 4. The van der Waals surface area contributed by atoms with Gasteiger partial charge in [-0.25, -0.2) is 4.79 Å². The van der Waals surface area contributed by atoms with Crippen molar-refractivity contribution in [3.8, 4) is 5.75 Å². The first-order valence-corrected chi connectivity index (χ1v) is 6.75. The van der Waals surface area contributed by atoms with E-state index in [0.29, 0.717) is 31.2 Å². The third-order valence-corrected chi connectivity index (χ3v) is 2.71. The number of hydrogen-bond donors (Lipinski definition) is 0. The Morgan fingerprint density at radius 1 is 1.40 bits per heavy atom. The van der Waals surface area contributed by atoms with Crippen LogP contribution in [0.2, 0.25) is 0 Å². The van der Waals surface area contributed by atoms with Crippen molar-refractivity contribution in [1.29, 1.82) is 0 Å². The molecule has 0 fully saturated rings. The molecule has 0 aliphatic rings. The number of carbonyl (C=O) groups excluding carboxylic acids is 1. The molecule has 5 nitrogen and oxygen atoms in total. The summed E-state index contributed by atoms with van der Waals surface area (Å²) in [7, 11) is 0. The summed E-state index contributed by atoms with van der Waals surface area (Å²) in [5.41, 5.74) is 1.12. The van der Waals surface area contributed by atoms with Gasteiger partial charge in [-0.2, -0.15) is 0 Å². The molecule has 0 aliphatic carbocycles. The highest BCUT2D eigenvalue weighted by Gasteiger charge is 2.13. The van der Waals surface area contributed by atoms with Crippen LogP contribution in [-0.2, 0) is 11.2 Å². The van der Waals surface area contributed by atoms with Crippen molar-refractivity contribution in [2.45, 2.75) is 27.2 Å². The Kier molecular flexibility index (Phi) is 6.56. The number of carbonyl (C=O) groups is 1. The fraction of sp³-hybridized carbons (Fsp3) is 0.467. The lowest BCUT2D eigenvalue weighted by Gasteiger charge is -2.20. The average molecular weight is 278 g/mol. The van der Waals surface area contributed by atoms with Crippen LogP contribution >= 0.6 is 0 Å². The number of ether oxygens (including phenoxy) is 2. The molecular weight excluding hydrogens is 256 g/mol. The number of nitrogens with zero attached hydrogens (tertiary/aromatic N) is 2. The Balaban J connectivity index is 2.44. The fourth-order valence-electron chi connectivity index (χ4n) is 1.60. The highest BCUT2D eigenvalue weighted by atomic mass is 16.6. The zero-order valence-corrected chi connectivity index (χ0v) is 12.4. The van der Waals surface area contributed by atoms with E-state index in [1.807, 2.05) is 19.2 Å². The maximum Gasteiger partial charge on any atom is 0.414 e. The maximum atomic E-state index is 11.7. The molecule has 1 rings (SSSR count). The second-order valence-electron chi connectivity index (χ2n) is 4.38. The molecule has 0 aliphatic heterocycles. The molecule has 1 amide bonds. The number of allylic oxidation sites excluding steroid dienone is 1. The van der Waals surface area contributed by atoms with Gasteiger partial charge < -0.3 is 14.4 Å². The lowest BCUT2D eigenvalue weighted by Crippen LogP contribution is -2.34. The molecule has 1 aromatic rings. The largest absolute Gasteiger partial charge is 0.490 e. The number of aromatic nitrogens is 1.